The smallest absolute Gasteiger partial charge is 0.244 e. The fraction of sp³-hybridized carbons (Fsp3) is 0.818. The third-order valence-electron chi connectivity index (χ3n) is 2.78. The van der Waals surface area contributed by atoms with Gasteiger partial charge in [-0.1, -0.05) is 13.8 Å². The summed E-state index contributed by atoms with van der Waals surface area (Å²) in [4.78, 5) is 22.3. The summed E-state index contributed by atoms with van der Waals surface area (Å²) in [5.74, 6) is -0.412. The monoisotopic (exact) mass is 228 g/mol. The molecule has 0 radical (unpaired) electrons. The molecule has 92 valence electrons. The third-order valence-corrected chi connectivity index (χ3v) is 2.78. The van der Waals surface area contributed by atoms with Crippen molar-refractivity contribution in [3.63, 3.8) is 0 Å². The maximum absolute atomic E-state index is 11.3. The predicted molar refractivity (Wildman–Crippen MR) is 59.8 cm³/mol. The van der Waals surface area contributed by atoms with Gasteiger partial charge in [0.15, 0.2) is 0 Å². The number of rotatable bonds is 6. The fourth-order valence-electron chi connectivity index (χ4n) is 1.58. The summed E-state index contributed by atoms with van der Waals surface area (Å²) < 4.78 is 5.03. The Morgan fingerprint density at radius 2 is 2.19 bits per heavy atom. The topological polar surface area (TPSA) is 67.4 Å². The SMILES string of the molecule is COCCC(C)(C)CNC1CC(=O)NC1=O. The summed E-state index contributed by atoms with van der Waals surface area (Å²) in [6.07, 6.45) is 1.16. The molecule has 1 aliphatic rings. The molecule has 2 N–H and O–H groups in total. The van der Waals surface area contributed by atoms with Crippen molar-refractivity contribution in [3.8, 4) is 0 Å². The first-order valence-corrected chi connectivity index (χ1v) is 5.50. The highest BCUT2D eigenvalue weighted by Crippen LogP contribution is 2.19. The van der Waals surface area contributed by atoms with E-state index in [0.717, 1.165) is 6.42 Å². The second-order valence-corrected chi connectivity index (χ2v) is 4.96. The number of ether oxygens (including phenoxy) is 1. The van der Waals surface area contributed by atoms with Gasteiger partial charge in [-0.3, -0.25) is 14.9 Å². The fourth-order valence-corrected chi connectivity index (χ4v) is 1.58. The van der Waals surface area contributed by atoms with E-state index in [9.17, 15) is 9.59 Å². The first-order valence-electron chi connectivity index (χ1n) is 5.50. The molecule has 5 heteroatoms. The van der Waals surface area contributed by atoms with Crippen LogP contribution < -0.4 is 10.6 Å². The van der Waals surface area contributed by atoms with Crippen molar-refractivity contribution >= 4 is 11.8 Å². The zero-order valence-corrected chi connectivity index (χ0v) is 10.1. The third kappa shape index (κ3) is 3.90. The van der Waals surface area contributed by atoms with Gasteiger partial charge in [0.1, 0.15) is 0 Å². The Morgan fingerprint density at radius 3 is 2.69 bits per heavy atom. The molecular formula is C11H20N2O3. The van der Waals surface area contributed by atoms with Crippen molar-refractivity contribution in [2.24, 2.45) is 5.41 Å². The summed E-state index contributed by atoms with van der Waals surface area (Å²) in [6.45, 7) is 5.60. The van der Waals surface area contributed by atoms with E-state index in [2.05, 4.69) is 24.5 Å². The van der Waals surface area contributed by atoms with E-state index in [4.69, 9.17) is 4.74 Å². The normalized spacial score (nSPS) is 21.3. The lowest BCUT2D eigenvalue weighted by molar-refractivity contribution is -0.125. The van der Waals surface area contributed by atoms with Gasteiger partial charge in [-0.05, 0) is 11.8 Å². The summed E-state index contributed by atoms with van der Waals surface area (Å²) in [7, 11) is 1.67. The second-order valence-electron chi connectivity index (χ2n) is 4.96. The van der Waals surface area contributed by atoms with Crippen LogP contribution in [-0.4, -0.2) is 38.1 Å². The van der Waals surface area contributed by atoms with Crippen molar-refractivity contribution in [3.05, 3.63) is 0 Å². The number of carbonyl (C=O) groups excluding carboxylic acids is 2. The number of nitrogens with one attached hydrogen (secondary N) is 2. The van der Waals surface area contributed by atoms with Gasteiger partial charge in [0.2, 0.25) is 11.8 Å². The van der Waals surface area contributed by atoms with E-state index >= 15 is 0 Å². The molecular weight excluding hydrogens is 208 g/mol. The Morgan fingerprint density at radius 1 is 1.50 bits per heavy atom. The molecule has 0 aromatic heterocycles. The van der Waals surface area contributed by atoms with E-state index in [0.29, 0.717) is 13.2 Å². The highest BCUT2D eigenvalue weighted by atomic mass is 16.5. The van der Waals surface area contributed by atoms with Crippen LogP contribution >= 0.6 is 0 Å². The molecule has 5 nitrogen and oxygen atoms in total. The standard InChI is InChI=1S/C11H20N2O3/c1-11(2,4-5-16-3)7-12-8-6-9(14)13-10(8)15/h8,12H,4-7H2,1-3H3,(H,13,14,15). The van der Waals surface area contributed by atoms with Gasteiger partial charge >= 0.3 is 0 Å². The number of hydrogen-bond acceptors (Lipinski definition) is 4. The van der Waals surface area contributed by atoms with Gasteiger partial charge in [0.05, 0.1) is 12.5 Å². The van der Waals surface area contributed by atoms with Crippen LogP contribution in [0.1, 0.15) is 26.7 Å². The van der Waals surface area contributed by atoms with Crippen molar-refractivity contribution in [1.82, 2.24) is 10.6 Å². The number of hydrogen-bond donors (Lipinski definition) is 2. The lowest BCUT2D eigenvalue weighted by atomic mass is 9.89. The summed E-state index contributed by atoms with van der Waals surface area (Å²) in [5, 5.41) is 5.40. The molecule has 16 heavy (non-hydrogen) atoms. The van der Waals surface area contributed by atoms with Gasteiger partial charge in [0, 0.05) is 20.3 Å². The molecule has 1 saturated heterocycles. The van der Waals surface area contributed by atoms with Crippen molar-refractivity contribution in [1.29, 1.82) is 0 Å². The number of methoxy groups -OCH3 is 1. The van der Waals surface area contributed by atoms with Crippen LogP contribution in [0.15, 0.2) is 0 Å². The Hall–Kier alpha value is -0.940. The lowest BCUT2D eigenvalue weighted by Gasteiger charge is -2.25. The zero-order chi connectivity index (χ0) is 12.2. The number of imide groups is 1. The van der Waals surface area contributed by atoms with Gasteiger partial charge in [-0.15, -0.1) is 0 Å². The van der Waals surface area contributed by atoms with E-state index in [1.807, 2.05) is 0 Å². The Labute approximate surface area is 95.9 Å². The largest absolute Gasteiger partial charge is 0.385 e. The van der Waals surface area contributed by atoms with Gasteiger partial charge in [-0.2, -0.15) is 0 Å². The first kappa shape index (κ1) is 13.1. The van der Waals surface area contributed by atoms with Crippen LogP contribution in [0.25, 0.3) is 0 Å². The van der Waals surface area contributed by atoms with E-state index in [1.54, 1.807) is 7.11 Å². The molecule has 0 aromatic carbocycles. The molecule has 1 fully saturated rings. The van der Waals surface area contributed by atoms with Crippen LogP contribution in [-0.2, 0) is 14.3 Å². The average molecular weight is 228 g/mol. The quantitative estimate of drug-likeness (QED) is 0.631. The van der Waals surface area contributed by atoms with Crippen LogP contribution in [0.2, 0.25) is 0 Å². The summed E-state index contributed by atoms with van der Waals surface area (Å²) >= 11 is 0. The second kappa shape index (κ2) is 5.41. The maximum Gasteiger partial charge on any atom is 0.244 e. The molecule has 0 aromatic rings. The Bertz CT molecular complexity index is 276. The minimum atomic E-state index is -0.366. The van der Waals surface area contributed by atoms with E-state index in [-0.39, 0.29) is 29.7 Å². The molecule has 2 amide bonds. The Balaban J connectivity index is 2.33. The van der Waals surface area contributed by atoms with Crippen molar-refractivity contribution in [2.45, 2.75) is 32.7 Å². The minimum absolute atomic E-state index is 0.0575. The van der Waals surface area contributed by atoms with Crippen molar-refractivity contribution < 1.29 is 14.3 Å². The van der Waals surface area contributed by atoms with Crippen LogP contribution in [0.3, 0.4) is 0 Å². The average Bonchev–Trinajstić information content (AvgIpc) is 2.52. The maximum atomic E-state index is 11.3. The van der Waals surface area contributed by atoms with Crippen LogP contribution in [0, 0.1) is 5.41 Å². The van der Waals surface area contributed by atoms with E-state index < -0.39 is 0 Å². The predicted octanol–water partition coefficient (Wildman–Crippen LogP) is 0.0538. The Kier molecular flexibility index (Phi) is 4.44. The molecule has 0 spiro atoms. The first-order chi connectivity index (χ1) is 7.44. The number of carbonyl (C=O) groups is 2. The van der Waals surface area contributed by atoms with Gasteiger partial charge in [0.25, 0.3) is 0 Å². The highest BCUT2D eigenvalue weighted by molar-refractivity contribution is 6.05. The molecule has 0 saturated carbocycles. The summed E-state index contributed by atoms with van der Waals surface area (Å²) in [6, 6.07) is -0.366. The molecule has 1 rings (SSSR count). The zero-order valence-electron chi connectivity index (χ0n) is 10.1. The molecule has 1 aliphatic heterocycles. The van der Waals surface area contributed by atoms with E-state index in [1.165, 1.54) is 0 Å². The van der Waals surface area contributed by atoms with Crippen LogP contribution in [0.4, 0.5) is 0 Å². The van der Waals surface area contributed by atoms with Gasteiger partial charge < -0.3 is 10.1 Å². The highest BCUT2D eigenvalue weighted by Gasteiger charge is 2.31. The van der Waals surface area contributed by atoms with Crippen molar-refractivity contribution in [2.75, 3.05) is 20.3 Å². The molecule has 1 atom stereocenters. The number of amides is 2. The minimum Gasteiger partial charge on any atom is -0.385 e. The molecule has 0 bridgehead atoms. The lowest BCUT2D eigenvalue weighted by Crippen LogP contribution is -2.41. The summed E-state index contributed by atoms with van der Waals surface area (Å²) in [5.41, 5.74) is 0.0575. The van der Waals surface area contributed by atoms with Crippen LogP contribution in [0.5, 0.6) is 0 Å². The molecule has 0 aliphatic carbocycles. The van der Waals surface area contributed by atoms with Gasteiger partial charge in [-0.25, -0.2) is 0 Å². The molecule has 1 unspecified atom stereocenters. The molecule has 1 heterocycles.